The van der Waals surface area contributed by atoms with E-state index < -0.39 is 5.72 Å². The minimum absolute atomic E-state index is 0.0253. The minimum atomic E-state index is -0.422. The summed E-state index contributed by atoms with van der Waals surface area (Å²) in [5.74, 6) is 0.605. The van der Waals surface area contributed by atoms with Gasteiger partial charge in [-0.05, 0) is 12.8 Å². The topological polar surface area (TPSA) is 41.6 Å². The van der Waals surface area contributed by atoms with Gasteiger partial charge in [-0.2, -0.15) is 0 Å². The highest BCUT2D eigenvalue weighted by molar-refractivity contribution is 6.18. The smallest absolute Gasteiger partial charge is 0.310 e. The number of nitrogens with zero attached hydrogens (tertiary/aromatic N) is 1. The number of piperidine rings is 1. The fraction of sp³-hybridized carbons (Fsp3) is 0.933. The molecule has 0 aromatic heterocycles. The Kier molecular flexibility index (Phi) is 5.70. The van der Waals surface area contributed by atoms with Gasteiger partial charge in [-0.15, -0.1) is 11.6 Å². The summed E-state index contributed by atoms with van der Waals surface area (Å²) in [5, 5.41) is 3.36. The first kappa shape index (κ1) is 16.1. The number of carbonyl (C=O) groups excluding carboxylic acids is 1. The number of hydrogen-bond donors (Lipinski definition) is 1. The van der Waals surface area contributed by atoms with Gasteiger partial charge in [0.2, 0.25) is 0 Å². The van der Waals surface area contributed by atoms with Gasteiger partial charge in [0.25, 0.3) is 0 Å². The fourth-order valence-corrected chi connectivity index (χ4v) is 3.61. The van der Waals surface area contributed by atoms with E-state index in [9.17, 15) is 4.79 Å². The summed E-state index contributed by atoms with van der Waals surface area (Å²) >= 11 is 5.88. The molecule has 3 atom stereocenters. The number of esters is 1. The zero-order chi connectivity index (χ0) is 14.6. The quantitative estimate of drug-likeness (QED) is 0.552. The van der Waals surface area contributed by atoms with E-state index in [1.54, 1.807) is 0 Å². The minimum Gasteiger partial charge on any atom is -0.442 e. The van der Waals surface area contributed by atoms with Gasteiger partial charge < -0.3 is 10.1 Å². The molecule has 3 aliphatic heterocycles. The highest BCUT2D eigenvalue weighted by atomic mass is 35.5. The van der Waals surface area contributed by atoms with Crippen LogP contribution in [0.25, 0.3) is 0 Å². The highest BCUT2D eigenvalue weighted by Gasteiger charge is 2.57. The highest BCUT2D eigenvalue weighted by Crippen LogP contribution is 2.40. The molecule has 0 spiro atoms. The largest absolute Gasteiger partial charge is 0.442 e. The zero-order valence-electron chi connectivity index (χ0n) is 12.7. The Morgan fingerprint density at radius 2 is 2.35 bits per heavy atom. The molecule has 0 aromatic carbocycles. The first-order chi connectivity index (χ1) is 9.66. The lowest BCUT2D eigenvalue weighted by Gasteiger charge is -2.60. The molecule has 2 bridgehead atoms. The number of hydrogen-bond acceptors (Lipinski definition) is 4. The summed E-state index contributed by atoms with van der Waals surface area (Å²) < 4.78 is 5.93. The summed E-state index contributed by atoms with van der Waals surface area (Å²) in [4.78, 5) is 14.7. The second-order valence-corrected chi connectivity index (χ2v) is 6.36. The molecule has 3 rings (SSSR count). The van der Waals surface area contributed by atoms with Gasteiger partial charge in [0.1, 0.15) is 0 Å². The average molecular weight is 303 g/mol. The summed E-state index contributed by atoms with van der Waals surface area (Å²) in [5.41, 5.74) is -0.422. The van der Waals surface area contributed by atoms with E-state index in [0.717, 1.165) is 51.7 Å². The summed E-state index contributed by atoms with van der Waals surface area (Å²) in [6.45, 7) is 6.73. The van der Waals surface area contributed by atoms with Gasteiger partial charge in [-0.3, -0.25) is 9.69 Å². The van der Waals surface area contributed by atoms with Crippen LogP contribution in [0.3, 0.4) is 0 Å². The van der Waals surface area contributed by atoms with Gasteiger partial charge in [0.15, 0.2) is 5.72 Å². The van der Waals surface area contributed by atoms with Gasteiger partial charge in [-0.1, -0.05) is 26.7 Å². The van der Waals surface area contributed by atoms with Crippen LogP contribution < -0.4 is 5.32 Å². The van der Waals surface area contributed by atoms with Crippen molar-refractivity contribution in [2.45, 2.75) is 57.7 Å². The molecule has 20 heavy (non-hydrogen) atoms. The molecule has 3 heterocycles. The van der Waals surface area contributed by atoms with E-state index in [-0.39, 0.29) is 11.9 Å². The summed E-state index contributed by atoms with van der Waals surface area (Å²) in [6.07, 6.45) is 4.96. The number of rotatable bonds is 8. The number of piperazine rings is 1. The van der Waals surface area contributed by atoms with Gasteiger partial charge in [0, 0.05) is 38.0 Å². The third kappa shape index (κ3) is 3.12. The zero-order valence-corrected chi connectivity index (χ0v) is 13.4. The maximum atomic E-state index is 12.4. The van der Waals surface area contributed by atoms with E-state index in [2.05, 4.69) is 24.1 Å². The lowest BCUT2D eigenvalue weighted by molar-refractivity contribution is -0.252. The van der Waals surface area contributed by atoms with Gasteiger partial charge >= 0.3 is 5.97 Å². The molecule has 3 aliphatic rings. The van der Waals surface area contributed by atoms with Crippen molar-refractivity contribution in [2.24, 2.45) is 5.92 Å². The van der Waals surface area contributed by atoms with Crippen LogP contribution in [0.4, 0.5) is 0 Å². The molecule has 3 fully saturated rings. The third-order valence-corrected chi connectivity index (χ3v) is 4.82. The van der Waals surface area contributed by atoms with E-state index in [1.807, 2.05) is 0 Å². The molecular weight excluding hydrogens is 276 g/mol. The first-order valence-electron chi connectivity index (χ1n) is 7.93. The molecule has 1 N–H and O–H groups in total. The molecule has 4 nitrogen and oxygen atoms in total. The van der Waals surface area contributed by atoms with E-state index in [1.165, 1.54) is 0 Å². The predicted molar refractivity (Wildman–Crippen MR) is 80.8 cm³/mol. The van der Waals surface area contributed by atoms with Crippen LogP contribution in [0, 0.1) is 5.92 Å². The normalized spacial score (nSPS) is 30.6. The van der Waals surface area contributed by atoms with Gasteiger partial charge in [0.05, 0.1) is 5.92 Å². The predicted octanol–water partition coefficient (Wildman–Crippen LogP) is 2.36. The second kappa shape index (κ2) is 7.10. The number of unbranched alkanes of at least 4 members (excludes halogenated alkanes) is 1. The van der Waals surface area contributed by atoms with Crippen molar-refractivity contribution in [1.29, 1.82) is 0 Å². The summed E-state index contributed by atoms with van der Waals surface area (Å²) in [6, 6.07) is 0.478. The van der Waals surface area contributed by atoms with Crippen LogP contribution >= 0.6 is 11.6 Å². The molecule has 116 valence electrons. The van der Waals surface area contributed by atoms with Crippen molar-refractivity contribution in [3.63, 3.8) is 0 Å². The van der Waals surface area contributed by atoms with E-state index in [4.69, 9.17) is 16.3 Å². The van der Waals surface area contributed by atoms with Gasteiger partial charge in [-0.25, -0.2) is 0 Å². The second-order valence-electron chi connectivity index (χ2n) is 5.99. The van der Waals surface area contributed by atoms with Crippen molar-refractivity contribution in [2.75, 3.05) is 25.5 Å². The average Bonchev–Trinajstić information content (AvgIpc) is 2.46. The van der Waals surface area contributed by atoms with Crippen LogP contribution in [0.2, 0.25) is 0 Å². The van der Waals surface area contributed by atoms with Crippen LogP contribution in [0.15, 0.2) is 0 Å². The van der Waals surface area contributed by atoms with Crippen LogP contribution in [0.1, 0.15) is 46.0 Å². The molecule has 0 saturated carbocycles. The molecule has 0 radical (unpaired) electrons. The maximum Gasteiger partial charge on any atom is 0.310 e. The SMILES string of the molecule is CCCCC(CC)C(=O)OC12CNCC(C1)N2CCCl. The lowest BCUT2D eigenvalue weighted by Crippen LogP contribution is -2.78. The number of carbonyl (C=O) groups is 1. The standard InChI is InChI=1S/C15H27ClN2O2/c1-3-5-6-12(4-2)14(19)20-15-9-13(10-17-11-15)18(15)8-7-16/h12-13,17H,3-11H2,1-2H3. The Labute approximate surface area is 127 Å². The molecular formula is C15H27ClN2O2. The molecule has 0 amide bonds. The number of halogens is 1. The van der Waals surface area contributed by atoms with Crippen LogP contribution in [-0.4, -0.2) is 48.2 Å². The third-order valence-electron chi connectivity index (χ3n) is 4.65. The van der Waals surface area contributed by atoms with Crippen molar-refractivity contribution < 1.29 is 9.53 Å². The lowest BCUT2D eigenvalue weighted by atomic mass is 9.84. The van der Waals surface area contributed by atoms with E-state index >= 15 is 0 Å². The van der Waals surface area contributed by atoms with Crippen molar-refractivity contribution in [3.05, 3.63) is 0 Å². The molecule has 3 saturated heterocycles. The first-order valence-corrected chi connectivity index (χ1v) is 8.46. The van der Waals surface area contributed by atoms with Crippen LogP contribution in [0.5, 0.6) is 0 Å². The van der Waals surface area contributed by atoms with E-state index in [0.29, 0.717) is 11.9 Å². The Morgan fingerprint density at radius 1 is 1.55 bits per heavy atom. The fourth-order valence-electron chi connectivity index (χ4n) is 3.43. The monoisotopic (exact) mass is 302 g/mol. The molecule has 5 heteroatoms. The Bertz CT molecular complexity index is 336. The Balaban J connectivity index is 1.94. The maximum absolute atomic E-state index is 12.4. The van der Waals surface area contributed by atoms with Crippen molar-refractivity contribution >= 4 is 17.6 Å². The molecule has 0 aliphatic carbocycles. The molecule has 0 aromatic rings. The molecule has 3 unspecified atom stereocenters. The Morgan fingerprint density at radius 3 is 2.95 bits per heavy atom. The number of fused-ring (bicyclic) bond motifs is 2. The van der Waals surface area contributed by atoms with Crippen molar-refractivity contribution in [3.8, 4) is 0 Å². The number of alkyl halides is 1. The van der Waals surface area contributed by atoms with Crippen LogP contribution in [-0.2, 0) is 9.53 Å². The number of ether oxygens (including phenoxy) is 1. The summed E-state index contributed by atoms with van der Waals surface area (Å²) in [7, 11) is 0. The Hall–Kier alpha value is -0.320. The number of nitrogens with one attached hydrogen (secondary N) is 1. The van der Waals surface area contributed by atoms with Crippen molar-refractivity contribution in [1.82, 2.24) is 10.2 Å².